The summed E-state index contributed by atoms with van der Waals surface area (Å²) in [5.41, 5.74) is 0.874. The van der Waals surface area contributed by atoms with Gasteiger partial charge in [-0.15, -0.1) is 0 Å². The highest BCUT2D eigenvalue weighted by Crippen LogP contribution is 2.28. The predicted molar refractivity (Wildman–Crippen MR) is 91.5 cm³/mol. The second-order valence-electron chi connectivity index (χ2n) is 6.71. The summed E-state index contributed by atoms with van der Waals surface area (Å²) in [4.78, 5) is 26.0. The third-order valence-electron chi connectivity index (χ3n) is 4.88. The Hall–Kier alpha value is -1.55. The van der Waals surface area contributed by atoms with Crippen LogP contribution in [-0.4, -0.2) is 24.9 Å². The minimum absolute atomic E-state index is 0.113. The molecule has 0 radical (unpaired) electrons. The molecule has 1 aromatic rings. The zero-order valence-electron chi connectivity index (χ0n) is 13.3. The number of anilines is 1. The van der Waals surface area contributed by atoms with Crippen LogP contribution in [0.2, 0.25) is 5.02 Å². The van der Waals surface area contributed by atoms with Crippen LogP contribution >= 0.6 is 11.6 Å². The van der Waals surface area contributed by atoms with Crippen molar-refractivity contribution in [2.24, 2.45) is 11.8 Å². The van der Waals surface area contributed by atoms with E-state index in [1.165, 1.54) is 25.7 Å². The van der Waals surface area contributed by atoms with Gasteiger partial charge in [-0.2, -0.15) is 0 Å². The quantitative estimate of drug-likeness (QED) is 0.897. The zero-order valence-corrected chi connectivity index (χ0v) is 14.0. The van der Waals surface area contributed by atoms with Crippen LogP contribution in [0.3, 0.4) is 0 Å². The molecule has 1 saturated carbocycles. The van der Waals surface area contributed by atoms with Crippen LogP contribution in [0.15, 0.2) is 24.3 Å². The van der Waals surface area contributed by atoms with Crippen LogP contribution in [0.25, 0.3) is 0 Å². The molecular weight excluding hydrogens is 312 g/mol. The molecule has 2 aliphatic rings. The maximum Gasteiger partial charge on any atom is 0.227 e. The Balaban J connectivity index is 1.47. The summed E-state index contributed by atoms with van der Waals surface area (Å²) >= 11 is 5.89. The summed E-state index contributed by atoms with van der Waals surface area (Å²) in [5, 5.41) is 3.68. The van der Waals surface area contributed by atoms with E-state index in [0.717, 1.165) is 5.69 Å². The smallest absolute Gasteiger partial charge is 0.227 e. The van der Waals surface area contributed by atoms with Crippen LogP contribution in [0.1, 0.15) is 38.5 Å². The minimum Gasteiger partial charge on any atom is -0.356 e. The third kappa shape index (κ3) is 4.25. The largest absolute Gasteiger partial charge is 0.356 e. The van der Waals surface area contributed by atoms with Gasteiger partial charge in [0.25, 0.3) is 0 Å². The van der Waals surface area contributed by atoms with Gasteiger partial charge in [-0.25, -0.2) is 0 Å². The minimum atomic E-state index is 0.113. The summed E-state index contributed by atoms with van der Waals surface area (Å²) in [6.07, 6.45) is 6.00. The molecule has 0 unspecified atom stereocenters. The van der Waals surface area contributed by atoms with Gasteiger partial charge in [0.2, 0.25) is 11.8 Å². The lowest BCUT2D eigenvalue weighted by Gasteiger charge is -2.17. The Morgan fingerprint density at radius 2 is 1.87 bits per heavy atom. The number of nitrogens with one attached hydrogen (secondary N) is 1. The molecule has 2 fully saturated rings. The fraction of sp³-hybridized carbons (Fsp3) is 0.556. The van der Waals surface area contributed by atoms with Crippen molar-refractivity contribution in [2.45, 2.75) is 38.5 Å². The molecule has 5 heteroatoms. The van der Waals surface area contributed by atoms with Gasteiger partial charge in [-0.1, -0.05) is 24.4 Å². The molecule has 1 aromatic carbocycles. The number of rotatable bonds is 5. The zero-order chi connectivity index (χ0) is 16.2. The Morgan fingerprint density at radius 1 is 1.17 bits per heavy atom. The SMILES string of the molecule is O=C(CC1CCCC1)NC[C@H]1CC(=O)N(c2ccc(Cl)cc2)C1. The summed E-state index contributed by atoms with van der Waals surface area (Å²) in [6.45, 7) is 1.24. The Labute approximate surface area is 142 Å². The van der Waals surface area contributed by atoms with E-state index in [4.69, 9.17) is 11.6 Å². The number of benzene rings is 1. The van der Waals surface area contributed by atoms with Crippen molar-refractivity contribution >= 4 is 29.1 Å². The molecule has 0 spiro atoms. The molecule has 1 atom stereocenters. The third-order valence-corrected chi connectivity index (χ3v) is 5.13. The molecule has 1 aliphatic carbocycles. The average molecular weight is 335 g/mol. The van der Waals surface area contributed by atoms with Crippen LogP contribution in [-0.2, 0) is 9.59 Å². The first kappa shape index (κ1) is 16.3. The van der Waals surface area contributed by atoms with Crippen molar-refractivity contribution in [3.63, 3.8) is 0 Å². The van der Waals surface area contributed by atoms with E-state index >= 15 is 0 Å². The fourth-order valence-corrected chi connectivity index (χ4v) is 3.72. The Kier molecular flexibility index (Phi) is 5.21. The number of amides is 2. The number of nitrogens with zero attached hydrogens (tertiary/aromatic N) is 1. The molecule has 124 valence electrons. The molecule has 0 bridgehead atoms. The number of carbonyl (C=O) groups excluding carboxylic acids is 2. The van der Waals surface area contributed by atoms with E-state index in [-0.39, 0.29) is 17.7 Å². The lowest BCUT2D eigenvalue weighted by molar-refractivity contribution is -0.122. The van der Waals surface area contributed by atoms with E-state index in [1.54, 1.807) is 17.0 Å². The van der Waals surface area contributed by atoms with Crippen LogP contribution in [0, 0.1) is 11.8 Å². The van der Waals surface area contributed by atoms with Gasteiger partial charge in [0.05, 0.1) is 0 Å². The van der Waals surface area contributed by atoms with Gasteiger partial charge < -0.3 is 10.2 Å². The second kappa shape index (κ2) is 7.35. The monoisotopic (exact) mass is 334 g/mol. The fourth-order valence-electron chi connectivity index (χ4n) is 3.60. The van der Waals surface area contributed by atoms with Crippen molar-refractivity contribution in [2.75, 3.05) is 18.0 Å². The van der Waals surface area contributed by atoms with Gasteiger partial charge >= 0.3 is 0 Å². The molecular formula is C18H23ClN2O2. The van der Waals surface area contributed by atoms with E-state index in [0.29, 0.717) is 36.9 Å². The van der Waals surface area contributed by atoms with Gasteiger partial charge in [0.1, 0.15) is 0 Å². The molecule has 1 saturated heterocycles. The molecule has 3 rings (SSSR count). The summed E-state index contributed by atoms with van der Waals surface area (Å²) in [5.74, 6) is 0.994. The van der Waals surface area contributed by atoms with Crippen molar-refractivity contribution in [3.05, 3.63) is 29.3 Å². The summed E-state index contributed by atoms with van der Waals surface area (Å²) in [6, 6.07) is 7.31. The molecule has 23 heavy (non-hydrogen) atoms. The molecule has 0 aromatic heterocycles. The number of halogens is 1. The number of carbonyl (C=O) groups is 2. The summed E-state index contributed by atoms with van der Waals surface area (Å²) < 4.78 is 0. The van der Waals surface area contributed by atoms with Crippen molar-refractivity contribution in [3.8, 4) is 0 Å². The Bertz CT molecular complexity index is 567. The highest BCUT2D eigenvalue weighted by Gasteiger charge is 2.30. The standard InChI is InChI=1S/C18H23ClN2O2/c19-15-5-7-16(8-6-15)21-12-14(10-18(21)23)11-20-17(22)9-13-3-1-2-4-13/h5-8,13-14H,1-4,9-12H2,(H,20,22)/t14-/m1/s1. The van der Waals surface area contributed by atoms with Crippen molar-refractivity contribution < 1.29 is 9.59 Å². The van der Waals surface area contributed by atoms with E-state index in [9.17, 15) is 9.59 Å². The maximum absolute atomic E-state index is 12.2. The lowest BCUT2D eigenvalue weighted by atomic mass is 10.0. The van der Waals surface area contributed by atoms with Gasteiger partial charge in [-0.3, -0.25) is 9.59 Å². The van der Waals surface area contributed by atoms with Gasteiger partial charge in [-0.05, 0) is 43.0 Å². The van der Waals surface area contributed by atoms with Gasteiger partial charge in [0.15, 0.2) is 0 Å². The number of hydrogen-bond acceptors (Lipinski definition) is 2. The first-order valence-corrected chi connectivity index (χ1v) is 8.82. The normalized spacial score (nSPS) is 21.9. The van der Waals surface area contributed by atoms with E-state index in [2.05, 4.69) is 5.32 Å². The van der Waals surface area contributed by atoms with Crippen LogP contribution in [0.5, 0.6) is 0 Å². The summed E-state index contributed by atoms with van der Waals surface area (Å²) in [7, 11) is 0. The first-order chi connectivity index (χ1) is 11.1. The van der Waals surface area contributed by atoms with E-state index < -0.39 is 0 Å². The number of hydrogen-bond donors (Lipinski definition) is 1. The van der Waals surface area contributed by atoms with Crippen molar-refractivity contribution in [1.29, 1.82) is 0 Å². The van der Waals surface area contributed by atoms with Crippen molar-refractivity contribution in [1.82, 2.24) is 5.32 Å². The molecule has 1 aliphatic heterocycles. The predicted octanol–water partition coefficient (Wildman–Crippen LogP) is 3.39. The second-order valence-corrected chi connectivity index (χ2v) is 7.15. The molecule has 2 amide bonds. The molecule has 1 heterocycles. The first-order valence-electron chi connectivity index (χ1n) is 8.44. The maximum atomic E-state index is 12.2. The van der Waals surface area contributed by atoms with Gasteiger partial charge in [0, 0.05) is 42.6 Å². The highest BCUT2D eigenvalue weighted by molar-refractivity contribution is 6.30. The topological polar surface area (TPSA) is 49.4 Å². The van der Waals surface area contributed by atoms with Crippen LogP contribution in [0.4, 0.5) is 5.69 Å². The van der Waals surface area contributed by atoms with Crippen LogP contribution < -0.4 is 10.2 Å². The highest BCUT2D eigenvalue weighted by atomic mass is 35.5. The molecule has 1 N–H and O–H groups in total. The average Bonchev–Trinajstić information content (AvgIpc) is 3.16. The van der Waals surface area contributed by atoms with E-state index in [1.807, 2.05) is 12.1 Å². The Morgan fingerprint density at radius 3 is 2.57 bits per heavy atom. The molecule has 4 nitrogen and oxygen atoms in total. The lowest BCUT2D eigenvalue weighted by Crippen LogP contribution is -2.32.